The van der Waals surface area contributed by atoms with E-state index in [-0.39, 0.29) is 36.2 Å². The largest absolute Gasteiger partial charge is 0.491 e. The molecule has 1 amide bonds. The molecule has 31 heavy (non-hydrogen) atoms. The first-order valence-electron chi connectivity index (χ1n) is 9.73. The molecule has 0 bridgehead atoms. The lowest BCUT2D eigenvalue weighted by Gasteiger charge is -2.42. The zero-order valence-corrected chi connectivity index (χ0v) is 17.9. The van der Waals surface area contributed by atoms with Crippen LogP contribution in [-0.2, 0) is 4.79 Å². The van der Waals surface area contributed by atoms with E-state index in [2.05, 4.69) is 21.7 Å². The maximum Gasteiger partial charge on any atom is 0.355 e. The number of carboxylic acids is 1. The molecule has 9 nitrogen and oxygen atoms in total. The Morgan fingerprint density at radius 2 is 2.29 bits per heavy atom. The third-order valence-electron chi connectivity index (χ3n) is 5.40. The van der Waals surface area contributed by atoms with Crippen LogP contribution >= 0.6 is 22.9 Å². The Balaban J connectivity index is 1.41. The summed E-state index contributed by atoms with van der Waals surface area (Å²) >= 11 is 7.31. The van der Waals surface area contributed by atoms with Crippen molar-refractivity contribution in [1.29, 1.82) is 5.26 Å². The number of amides is 1. The number of rotatable bonds is 6. The highest BCUT2D eigenvalue weighted by molar-refractivity contribution is 7.13. The van der Waals surface area contributed by atoms with Gasteiger partial charge in [0, 0.05) is 23.0 Å². The second-order valence-corrected chi connectivity index (χ2v) is 8.63. The van der Waals surface area contributed by atoms with Crippen LogP contribution in [0, 0.1) is 17.2 Å². The van der Waals surface area contributed by atoms with Gasteiger partial charge in [-0.05, 0) is 24.6 Å². The number of carbonyl (C=O) groups excluding carboxylic acids is 1. The second-order valence-electron chi connectivity index (χ2n) is 7.33. The molecule has 3 heterocycles. The average Bonchev–Trinajstić information content (AvgIpc) is 3.26. The minimum atomic E-state index is -1.10. The van der Waals surface area contributed by atoms with Gasteiger partial charge in [0.05, 0.1) is 36.8 Å². The van der Waals surface area contributed by atoms with Crippen molar-refractivity contribution in [2.75, 3.05) is 26.4 Å². The second kappa shape index (κ2) is 9.20. The van der Waals surface area contributed by atoms with Gasteiger partial charge in [0.2, 0.25) is 5.91 Å². The quantitative estimate of drug-likeness (QED) is 0.594. The molecule has 0 saturated carbocycles. The van der Waals surface area contributed by atoms with Gasteiger partial charge in [0.15, 0.2) is 5.69 Å². The number of benzene rings is 1. The molecule has 1 aromatic heterocycles. The fourth-order valence-corrected chi connectivity index (χ4v) is 4.77. The molecule has 0 aliphatic carbocycles. The lowest BCUT2D eigenvalue weighted by molar-refractivity contribution is -0.142. The number of nitriles is 1. The first kappa shape index (κ1) is 21.5. The predicted octanol–water partition coefficient (Wildman–Crippen LogP) is 1.80. The number of aromatic carboxylic acids is 1. The fraction of sp³-hybridized carbons (Fsp3) is 0.400. The van der Waals surface area contributed by atoms with Crippen LogP contribution in [0.3, 0.4) is 0 Å². The van der Waals surface area contributed by atoms with Crippen molar-refractivity contribution in [2.45, 2.75) is 18.5 Å². The number of halogens is 1. The van der Waals surface area contributed by atoms with Crippen molar-refractivity contribution in [3.8, 4) is 22.4 Å². The van der Waals surface area contributed by atoms with E-state index in [1.165, 1.54) is 16.7 Å². The van der Waals surface area contributed by atoms with E-state index < -0.39 is 5.97 Å². The zero-order chi connectivity index (χ0) is 22.0. The highest BCUT2D eigenvalue weighted by Gasteiger charge is 2.40. The molecule has 11 heteroatoms. The van der Waals surface area contributed by atoms with Crippen LogP contribution in [0.4, 0.5) is 0 Å². The molecule has 3 unspecified atom stereocenters. The van der Waals surface area contributed by atoms with Gasteiger partial charge in [-0.2, -0.15) is 5.26 Å². The number of carboxylic acid groups (broad SMARTS) is 1. The molecule has 0 spiro atoms. The molecule has 3 N–H and O–H groups in total. The minimum Gasteiger partial charge on any atom is -0.491 e. The number of piperidine rings is 1. The van der Waals surface area contributed by atoms with E-state index in [1.807, 2.05) is 0 Å². The Kier molecular flexibility index (Phi) is 6.38. The molecule has 2 aromatic rings. The van der Waals surface area contributed by atoms with E-state index in [1.54, 1.807) is 23.1 Å². The molecule has 3 atom stereocenters. The first-order chi connectivity index (χ1) is 15.0. The Labute approximate surface area is 187 Å². The lowest BCUT2D eigenvalue weighted by Crippen LogP contribution is -2.64. The summed E-state index contributed by atoms with van der Waals surface area (Å²) in [5, 5.41) is 27.2. The third kappa shape index (κ3) is 4.65. The summed E-state index contributed by atoms with van der Waals surface area (Å²) in [7, 11) is 0. The predicted molar refractivity (Wildman–Crippen MR) is 114 cm³/mol. The van der Waals surface area contributed by atoms with Crippen LogP contribution in [0.1, 0.15) is 16.9 Å². The first-order valence-corrected chi connectivity index (χ1v) is 11.0. The van der Waals surface area contributed by atoms with E-state index >= 15 is 0 Å². The zero-order valence-electron chi connectivity index (χ0n) is 16.4. The van der Waals surface area contributed by atoms with Gasteiger partial charge in [0.1, 0.15) is 17.4 Å². The topological polar surface area (TPSA) is 128 Å². The molecule has 4 rings (SSSR count). The van der Waals surface area contributed by atoms with Gasteiger partial charge in [-0.3, -0.25) is 10.1 Å². The maximum absolute atomic E-state index is 12.9. The number of carbonyl (C=O) groups is 2. The Morgan fingerprint density at radius 1 is 1.45 bits per heavy atom. The van der Waals surface area contributed by atoms with Gasteiger partial charge in [-0.25, -0.2) is 9.78 Å². The highest BCUT2D eigenvalue weighted by Crippen LogP contribution is 2.34. The molecule has 2 fully saturated rings. The summed E-state index contributed by atoms with van der Waals surface area (Å²) in [6.07, 6.45) is 0.488. The van der Waals surface area contributed by atoms with Gasteiger partial charge < -0.3 is 20.1 Å². The number of ether oxygens (including phenoxy) is 1. The fourth-order valence-electron chi connectivity index (χ4n) is 3.78. The van der Waals surface area contributed by atoms with Crippen molar-refractivity contribution in [3.63, 3.8) is 0 Å². The third-order valence-corrected chi connectivity index (χ3v) is 6.51. The van der Waals surface area contributed by atoms with Crippen molar-refractivity contribution >= 4 is 34.8 Å². The van der Waals surface area contributed by atoms with Gasteiger partial charge in [-0.15, -0.1) is 11.3 Å². The smallest absolute Gasteiger partial charge is 0.355 e. The molecular weight excluding hydrogens is 442 g/mol. The summed E-state index contributed by atoms with van der Waals surface area (Å²) in [6, 6.07) is 6.97. The summed E-state index contributed by atoms with van der Waals surface area (Å²) in [4.78, 5) is 29.8. The normalized spacial score (nSPS) is 23.2. The summed E-state index contributed by atoms with van der Waals surface area (Å²) < 4.78 is 5.92. The van der Waals surface area contributed by atoms with Gasteiger partial charge in [0.25, 0.3) is 0 Å². The van der Waals surface area contributed by atoms with Gasteiger partial charge in [-0.1, -0.05) is 11.6 Å². The molecule has 2 aliphatic rings. The highest BCUT2D eigenvalue weighted by atomic mass is 35.5. The maximum atomic E-state index is 12.9. The number of nitrogens with one attached hydrogen (secondary N) is 2. The summed E-state index contributed by atoms with van der Waals surface area (Å²) in [6.45, 7) is 1.64. The molecule has 2 saturated heterocycles. The number of nitrogens with zero attached hydrogens (tertiary/aromatic N) is 3. The monoisotopic (exact) mass is 461 g/mol. The van der Waals surface area contributed by atoms with E-state index in [9.17, 15) is 9.59 Å². The van der Waals surface area contributed by atoms with Crippen LogP contribution in [0.25, 0.3) is 10.6 Å². The van der Waals surface area contributed by atoms with Crippen LogP contribution in [0.2, 0.25) is 5.02 Å². The van der Waals surface area contributed by atoms with E-state index in [4.69, 9.17) is 26.7 Å². The van der Waals surface area contributed by atoms with Gasteiger partial charge >= 0.3 is 5.97 Å². The van der Waals surface area contributed by atoms with Crippen molar-refractivity contribution < 1.29 is 19.4 Å². The molecule has 0 radical (unpaired) electrons. The number of hydrogen-bond acceptors (Lipinski definition) is 8. The number of thiazole rings is 1. The van der Waals surface area contributed by atoms with Crippen LogP contribution in [0.5, 0.6) is 5.75 Å². The van der Waals surface area contributed by atoms with E-state index in [0.717, 1.165) is 0 Å². The molecule has 162 valence electrons. The van der Waals surface area contributed by atoms with Crippen LogP contribution in [-0.4, -0.2) is 65.3 Å². The van der Waals surface area contributed by atoms with Crippen molar-refractivity contribution in [1.82, 2.24) is 20.5 Å². The minimum absolute atomic E-state index is 0.0245. The standard InChI is InChI=1S/C20H20ClN5O4S/c21-11-1-2-17(14(5-11)18-25-16(9-31-18)20(28)29)30-4-3-26-10-24-15-8-23-12(7-22)6-13(15)19(26)27/h1-2,5,9,12-13,15,23-24H,3-4,6,8,10H2,(H,28,29). The molecule has 2 aliphatic heterocycles. The van der Waals surface area contributed by atoms with E-state index in [0.29, 0.717) is 47.5 Å². The average molecular weight is 462 g/mol. The number of aromatic nitrogens is 1. The number of hydrogen-bond donors (Lipinski definition) is 3. The van der Waals surface area contributed by atoms with Crippen LogP contribution in [0.15, 0.2) is 23.6 Å². The lowest BCUT2D eigenvalue weighted by atomic mass is 9.86. The molecule has 1 aromatic carbocycles. The summed E-state index contributed by atoms with van der Waals surface area (Å²) in [5.74, 6) is -0.790. The Bertz CT molecular complexity index is 1040. The SMILES string of the molecule is N#CC1CC2C(=O)N(CCOc3ccc(Cl)cc3-c3nc(C(=O)O)cs3)CNC2CN1. The Hall–Kier alpha value is -2.71. The summed E-state index contributed by atoms with van der Waals surface area (Å²) in [5.41, 5.74) is 0.562. The van der Waals surface area contributed by atoms with Crippen LogP contribution < -0.4 is 15.4 Å². The molecular formula is C20H20ClN5O4S. The van der Waals surface area contributed by atoms with Crippen molar-refractivity contribution in [2.24, 2.45) is 5.92 Å². The Morgan fingerprint density at radius 3 is 3.03 bits per heavy atom. The number of fused-ring (bicyclic) bond motifs is 1. The van der Waals surface area contributed by atoms with Crippen molar-refractivity contribution in [3.05, 3.63) is 34.3 Å².